The highest BCUT2D eigenvalue weighted by Gasteiger charge is 2.52. The van der Waals surface area contributed by atoms with Gasteiger partial charge in [-0.05, 0) is 73.1 Å². The van der Waals surface area contributed by atoms with Crippen LogP contribution in [0.1, 0.15) is 74.1 Å². The van der Waals surface area contributed by atoms with Gasteiger partial charge in [0.15, 0.2) is 0 Å². The van der Waals surface area contributed by atoms with E-state index in [2.05, 4.69) is 0 Å². The van der Waals surface area contributed by atoms with Gasteiger partial charge in [-0.2, -0.15) is 0 Å². The maximum atomic E-state index is 13.0. The van der Waals surface area contributed by atoms with Crippen molar-refractivity contribution >= 4 is 24.1 Å². The van der Waals surface area contributed by atoms with E-state index in [9.17, 15) is 19.2 Å². The molecule has 4 unspecified atom stereocenters. The Morgan fingerprint density at radius 3 is 1.85 bits per heavy atom. The molecule has 1 heterocycles. The number of likely N-dealkylation sites (tertiary alicyclic amines) is 1. The minimum absolute atomic E-state index is 0.0647. The van der Waals surface area contributed by atoms with Crippen molar-refractivity contribution in [2.45, 2.75) is 85.2 Å². The van der Waals surface area contributed by atoms with E-state index in [1.807, 2.05) is 48.5 Å². The molecule has 6 heteroatoms. The zero-order valence-corrected chi connectivity index (χ0v) is 17.7. The molecule has 0 radical (unpaired) electrons. The minimum atomic E-state index is -0.578. The molecule has 0 aromatic rings. The Hall–Kier alpha value is -1.72. The average molecular weight is 379 g/mol. The molecule has 1 aliphatic carbocycles. The Labute approximate surface area is 162 Å². The van der Waals surface area contributed by atoms with Crippen LogP contribution in [0.5, 0.6) is 0 Å². The normalized spacial score (nSPS) is 29.8. The van der Waals surface area contributed by atoms with Crippen molar-refractivity contribution in [1.82, 2.24) is 9.80 Å². The molecule has 27 heavy (non-hydrogen) atoms. The third-order valence-corrected chi connectivity index (χ3v) is 6.02. The predicted octanol–water partition coefficient (Wildman–Crippen LogP) is 3.00. The quantitative estimate of drug-likeness (QED) is 0.547. The first-order valence-electron chi connectivity index (χ1n) is 9.97. The van der Waals surface area contributed by atoms with Gasteiger partial charge in [0.05, 0.1) is 11.8 Å². The summed E-state index contributed by atoms with van der Waals surface area (Å²) in [6, 6.07) is 0. The molecule has 1 saturated heterocycles. The lowest BCUT2D eigenvalue weighted by molar-refractivity contribution is -0.149. The molecule has 4 atom stereocenters. The number of nitrogens with zero attached hydrogens (tertiary/aromatic N) is 2. The van der Waals surface area contributed by atoms with Gasteiger partial charge in [0.2, 0.25) is 24.1 Å². The molecule has 2 rings (SSSR count). The number of hydrogen-bond donors (Lipinski definition) is 0. The van der Waals surface area contributed by atoms with Crippen LogP contribution in [0.4, 0.5) is 0 Å². The van der Waals surface area contributed by atoms with E-state index in [1.54, 1.807) is 0 Å². The third kappa shape index (κ3) is 4.09. The highest BCUT2D eigenvalue weighted by molar-refractivity contribution is 6.05. The molecule has 152 valence electrons. The molecule has 1 aliphatic heterocycles. The molecule has 2 fully saturated rings. The Morgan fingerprint density at radius 1 is 0.963 bits per heavy atom. The number of imide groups is 2. The van der Waals surface area contributed by atoms with Crippen molar-refractivity contribution in [1.29, 1.82) is 0 Å². The van der Waals surface area contributed by atoms with Crippen LogP contribution < -0.4 is 0 Å². The predicted molar refractivity (Wildman–Crippen MR) is 102 cm³/mol. The van der Waals surface area contributed by atoms with Gasteiger partial charge >= 0.3 is 0 Å². The molecule has 0 aromatic heterocycles. The van der Waals surface area contributed by atoms with Crippen LogP contribution in [0.15, 0.2) is 0 Å². The van der Waals surface area contributed by atoms with Crippen molar-refractivity contribution in [2.75, 3.05) is 0 Å². The summed E-state index contributed by atoms with van der Waals surface area (Å²) >= 11 is 0. The zero-order valence-electron chi connectivity index (χ0n) is 17.7. The number of fused-ring (bicyclic) bond motifs is 1. The first kappa shape index (κ1) is 21.6. The fourth-order valence-corrected chi connectivity index (χ4v) is 4.47. The highest BCUT2D eigenvalue weighted by Crippen LogP contribution is 2.42. The molecular formula is C21H34N2O4. The number of amides is 4. The van der Waals surface area contributed by atoms with Crippen molar-refractivity contribution in [2.24, 2.45) is 23.7 Å². The van der Waals surface area contributed by atoms with Gasteiger partial charge in [-0.3, -0.25) is 29.0 Å². The van der Waals surface area contributed by atoms with Gasteiger partial charge in [0.25, 0.3) is 0 Å². The Bertz CT molecular complexity index is 629. The van der Waals surface area contributed by atoms with Gasteiger partial charge < -0.3 is 0 Å². The molecule has 1 saturated carbocycles. The fraction of sp³-hybridized carbons (Fsp3) is 0.810. The lowest BCUT2D eigenvalue weighted by Gasteiger charge is -2.36. The largest absolute Gasteiger partial charge is 0.280 e. The van der Waals surface area contributed by atoms with Gasteiger partial charge in [0.1, 0.15) is 0 Å². The lowest BCUT2D eigenvalue weighted by atomic mass is 9.75. The van der Waals surface area contributed by atoms with E-state index < -0.39 is 11.1 Å². The summed E-state index contributed by atoms with van der Waals surface area (Å²) in [6.07, 6.45) is 2.97. The first-order valence-corrected chi connectivity index (χ1v) is 9.97. The van der Waals surface area contributed by atoms with E-state index in [1.165, 1.54) is 9.80 Å². The van der Waals surface area contributed by atoms with Crippen molar-refractivity contribution in [3.05, 3.63) is 0 Å². The van der Waals surface area contributed by atoms with Gasteiger partial charge in [-0.25, -0.2) is 0 Å². The second-order valence-electron chi connectivity index (χ2n) is 10.1. The second-order valence-corrected chi connectivity index (χ2v) is 10.1. The number of hydrogen-bond acceptors (Lipinski definition) is 4. The molecule has 4 amide bonds. The topological polar surface area (TPSA) is 74.8 Å². The first-order chi connectivity index (χ1) is 12.3. The standard InChI is InChI=1S/C21H34N2O4/c1-13-8-9-15-16(19(27)23(18(15)26)21(5,6)7)11-10-14(13)17(25)22(12-24)20(2,3)4/h12-16H,8-11H2,1-7H3. The molecule has 0 spiro atoms. The minimum Gasteiger partial charge on any atom is -0.280 e. The van der Waals surface area contributed by atoms with Gasteiger partial charge in [-0.15, -0.1) is 0 Å². The van der Waals surface area contributed by atoms with Gasteiger partial charge in [-0.1, -0.05) is 6.92 Å². The van der Waals surface area contributed by atoms with Crippen molar-refractivity contribution in [3.8, 4) is 0 Å². The summed E-state index contributed by atoms with van der Waals surface area (Å²) in [5.41, 5.74) is -1.11. The summed E-state index contributed by atoms with van der Waals surface area (Å²) in [4.78, 5) is 53.0. The Balaban J connectivity index is 2.25. The average Bonchev–Trinajstić information content (AvgIpc) is 2.72. The zero-order chi connectivity index (χ0) is 20.7. The molecule has 6 nitrogen and oxygen atoms in total. The molecule has 2 aliphatic rings. The van der Waals surface area contributed by atoms with Crippen LogP contribution in [-0.4, -0.2) is 45.0 Å². The maximum absolute atomic E-state index is 13.0. The smallest absolute Gasteiger partial charge is 0.233 e. The van der Waals surface area contributed by atoms with Gasteiger partial charge in [0, 0.05) is 17.0 Å². The maximum Gasteiger partial charge on any atom is 0.233 e. The molecule has 0 bridgehead atoms. The summed E-state index contributed by atoms with van der Waals surface area (Å²) in [6.45, 7) is 13.2. The SMILES string of the molecule is CC1CCC2C(=O)N(C(C)(C)C)C(=O)C2CCC1C(=O)N(C=O)C(C)(C)C. The van der Waals surface area contributed by atoms with Crippen LogP contribution in [0, 0.1) is 23.7 Å². The third-order valence-electron chi connectivity index (χ3n) is 6.02. The summed E-state index contributed by atoms with van der Waals surface area (Å²) in [7, 11) is 0. The van der Waals surface area contributed by atoms with Crippen LogP contribution in [0.3, 0.4) is 0 Å². The Kier molecular flexibility index (Phi) is 5.88. The number of carbonyl (C=O) groups is 4. The van der Waals surface area contributed by atoms with Crippen molar-refractivity contribution < 1.29 is 19.2 Å². The Morgan fingerprint density at radius 2 is 1.44 bits per heavy atom. The molecule has 0 aromatic carbocycles. The van der Waals surface area contributed by atoms with Crippen LogP contribution in [-0.2, 0) is 19.2 Å². The van der Waals surface area contributed by atoms with E-state index >= 15 is 0 Å². The van der Waals surface area contributed by atoms with E-state index in [0.717, 1.165) is 0 Å². The highest BCUT2D eigenvalue weighted by atomic mass is 16.2. The van der Waals surface area contributed by atoms with Crippen LogP contribution >= 0.6 is 0 Å². The van der Waals surface area contributed by atoms with Crippen LogP contribution in [0.2, 0.25) is 0 Å². The van der Waals surface area contributed by atoms with E-state index in [4.69, 9.17) is 0 Å². The monoisotopic (exact) mass is 378 g/mol. The second kappa shape index (κ2) is 7.36. The van der Waals surface area contributed by atoms with E-state index in [-0.39, 0.29) is 41.4 Å². The number of carbonyl (C=O) groups excluding carboxylic acids is 4. The summed E-state index contributed by atoms with van der Waals surface area (Å²) < 4.78 is 0. The number of rotatable bonds is 2. The van der Waals surface area contributed by atoms with Crippen LogP contribution in [0.25, 0.3) is 0 Å². The lowest BCUT2D eigenvalue weighted by Crippen LogP contribution is -2.49. The molecule has 0 N–H and O–H groups in total. The van der Waals surface area contributed by atoms with E-state index in [0.29, 0.717) is 32.1 Å². The fourth-order valence-electron chi connectivity index (χ4n) is 4.47. The van der Waals surface area contributed by atoms with Crippen molar-refractivity contribution in [3.63, 3.8) is 0 Å². The summed E-state index contributed by atoms with van der Waals surface area (Å²) in [5.74, 6) is -1.22. The summed E-state index contributed by atoms with van der Waals surface area (Å²) in [5, 5.41) is 0. The molecular weight excluding hydrogens is 344 g/mol.